The largest absolute Gasteiger partial charge is 0.398 e. The SMILES string of the molecule is Nc1cccc2c1C(=O)N([C@H]1CCCC(O)NC1=O)C2=O. The first kappa shape index (κ1) is 13.6. The minimum absolute atomic E-state index is 0.153. The molecule has 0 bridgehead atoms. The van der Waals surface area contributed by atoms with Crippen molar-refractivity contribution in [3.63, 3.8) is 0 Å². The van der Waals surface area contributed by atoms with Gasteiger partial charge in [0.1, 0.15) is 12.3 Å². The summed E-state index contributed by atoms with van der Waals surface area (Å²) in [5.41, 5.74) is 6.36. The maximum Gasteiger partial charge on any atom is 0.264 e. The highest BCUT2D eigenvalue weighted by molar-refractivity contribution is 6.24. The van der Waals surface area contributed by atoms with Crippen LogP contribution >= 0.6 is 0 Å². The normalized spacial score (nSPS) is 25.6. The molecule has 110 valence electrons. The van der Waals surface area contributed by atoms with Gasteiger partial charge in [0.05, 0.1) is 11.1 Å². The average Bonchev–Trinajstić information content (AvgIpc) is 2.57. The molecule has 1 aromatic carbocycles. The number of carbonyl (C=O) groups excluding carboxylic acids is 3. The second-order valence-corrected chi connectivity index (χ2v) is 5.22. The summed E-state index contributed by atoms with van der Waals surface area (Å²) in [5, 5.41) is 11.9. The number of aliphatic hydroxyl groups excluding tert-OH is 1. The number of rotatable bonds is 1. The number of imide groups is 1. The van der Waals surface area contributed by atoms with E-state index in [1.807, 2.05) is 0 Å². The molecular formula is C14H15N3O4. The van der Waals surface area contributed by atoms with Gasteiger partial charge in [0, 0.05) is 5.69 Å². The quantitative estimate of drug-likeness (QED) is 0.491. The second-order valence-electron chi connectivity index (χ2n) is 5.22. The molecule has 1 fully saturated rings. The van der Waals surface area contributed by atoms with E-state index in [4.69, 9.17) is 5.73 Å². The third kappa shape index (κ3) is 2.06. The van der Waals surface area contributed by atoms with Crippen LogP contribution < -0.4 is 11.1 Å². The van der Waals surface area contributed by atoms with Crippen molar-refractivity contribution in [3.05, 3.63) is 29.3 Å². The molecule has 21 heavy (non-hydrogen) atoms. The molecular weight excluding hydrogens is 274 g/mol. The lowest BCUT2D eigenvalue weighted by molar-refractivity contribution is -0.127. The smallest absolute Gasteiger partial charge is 0.264 e. The van der Waals surface area contributed by atoms with Crippen LogP contribution in [-0.2, 0) is 4.79 Å². The van der Waals surface area contributed by atoms with Crippen molar-refractivity contribution in [2.75, 3.05) is 5.73 Å². The lowest BCUT2D eigenvalue weighted by Crippen LogP contribution is -2.50. The highest BCUT2D eigenvalue weighted by atomic mass is 16.3. The molecule has 0 aliphatic carbocycles. The van der Waals surface area contributed by atoms with Crippen LogP contribution in [0.1, 0.15) is 40.0 Å². The molecule has 2 heterocycles. The van der Waals surface area contributed by atoms with Gasteiger partial charge >= 0.3 is 0 Å². The van der Waals surface area contributed by atoms with Gasteiger partial charge in [-0.1, -0.05) is 6.07 Å². The van der Waals surface area contributed by atoms with E-state index in [2.05, 4.69) is 5.32 Å². The molecule has 0 spiro atoms. The van der Waals surface area contributed by atoms with E-state index in [0.29, 0.717) is 19.3 Å². The van der Waals surface area contributed by atoms with Crippen LogP contribution in [-0.4, -0.2) is 40.0 Å². The molecule has 2 aliphatic heterocycles. The summed E-state index contributed by atoms with van der Waals surface area (Å²) in [7, 11) is 0. The molecule has 1 saturated heterocycles. The highest BCUT2D eigenvalue weighted by Gasteiger charge is 2.44. The predicted octanol–water partition coefficient (Wildman–Crippen LogP) is -0.148. The van der Waals surface area contributed by atoms with Crippen molar-refractivity contribution >= 4 is 23.4 Å². The van der Waals surface area contributed by atoms with Gasteiger partial charge in [-0.2, -0.15) is 0 Å². The zero-order valence-corrected chi connectivity index (χ0v) is 11.2. The topological polar surface area (TPSA) is 113 Å². The number of nitrogens with two attached hydrogens (primary N) is 1. The van der Waals surface area contributed by atoms with Gasteiger partial charge in [-0.15, -0.1) is 0 Å². The number of nitrogen functional groups attached to an aromatic ring is 1. The third-order valence-electron chi connectivity index (χ3n) is 3.86. The summed E-state index contributed by atoms with van der Waals surface area (Å²) < 4.78 is 0. The summed E-state index contributed by atoms with van der Waals surface area (Å²) in [6, 6.07) is 3.76. The minimum atomic E-state index is -0.942. The van der Waals surface area contributed by atoms with E-state index in [0.717, 1.165) is 4.90 Å². The van der Waals surface area contributed by atoms with Crippen LogP contribution in [0.2, 0.25) is 0 Å². The Kier molecular flexibility index (Phi) is 3.13. The molecule has 3 amide bonds. The first-order valence-electron chi connectivity index (χ1n) is 6.75. The number of aliphatic hydroxyl groups is 1. The Balaban J connectivity index is 1.98. The van der Waals surface area contributed by atoms with Gasteiger partial charge < -0.3 is 16.2 Å². The van der Waals surface area contributed by atoms with Crippen LogP contribution in [0.25, 0.3) is 0 Å². The number of hydrogen-bond acceptors (Lipinski definition) is 5. The van der Waals surface area contributed by atoms with Crippen LogP contribution in [0.5, 0.6) is 0 Å². The number of benzene rings is 1. The maximum atomic E-state index is 12.4. The molecule has 7 heteroatoms. The maximum absolute atomic E-state index is 12.4. The van der Waals surface area contributed by atoms with Gasteiger partial charge in [0.2, 0.25) is 5.91 Å². The van der Waals surface area contributed by atoms with Crippen molar-refractivity contribution in [2.45, 2.75) is 31.5 Å². The number of nitrogens with one attached hydrogen (secondary N) is 1. The van der Waals surface area contributed by atoms with E-state index in [9.17, 15) is 19.5 Å². The molecule has 0 aromatic heterocycles. The van der Waals surface area contributed by atoms with Crippen molar-refractivity contribution in [3.8, 4) is 0 Å². The Morgan fingerprint density at radius 3 is 2.67 bits per heavy atom. The van der Waals surface area contributed by atoms with Crippen LogP contribution in [0.15, 0.2) is 18.2 Å². The van der Waals surface area contributed by atoms with Crippen LogP contribution in [0, 0.1) is 0 Å². The summed E-state index contributed by atoms with van der Waals surface area (Å²) >= 11 is 0. The summed E-state index contributed by atoms with van der Waals surface area (Å²) in [6.07, 6.45) is 0.317. The Morgan fingerprint density at radius 1 is 1.19 bits per heavy atom. The van der Waals surface area contributed by atoms with Crippen LogP contribution in [0.4, 0.5) is 5.69 Å². The summed E-state index contributed by atoms with van der Waals surface area (Å²) in [4.78, 5) is 37.9. The van der Waals surface area contributed by atoms with Gasteiger partial charge in [-0.05, 0) is 31.4 Å². The van der Waals surface area contributed by atoms with Gasteiger partial charge in [-0.3, -0.25) is 19.3 Å². The number of carbonyl (C=O) groups is 3. The third-order valence-corrected chi connectivity index (χ3v) is 3.86. The number of nitrogens with zero attached hydrogens (tertiary/aromatic N) is 1. The standard InChI is InChI=1S/C14H15N3O4/c15-8-4-1-3-7-11(8)14(21)17(13(7)20)9-5-2-6-10(18)16-12(9)19/h1,3-4,9-10,18H,2,5-6,15H2,(H,16,19)/t9-,10?/m0/s1. The van der Waals surface area contributed by atoms with Gasteiger partial charge in [-0.25, -0.2) is 0 Å². The van der Waals surface area contributed by atoms with E-state index < -0.39 is 30.0 Å². The molecule has 2 aliphatic rings. The number of anilines is 1. The Hall–Kier alpha value is -2.41. The Morgan fingerprint density at radius 2 is 1.95 bits per heavy atom. The van der Waals surface area contributed by atoms with Gasteiger partial charge in [0.15, 0.2) is 0 Å². The van der Waals surface area contributed by atoms with E-state index in [-0.39, 0.29) is 16.8 Å². The van der Waals surface area contributed by atoms with Gasteiger partial charge in [0.25, 0.3) is 11.8 Å². The lowest BCUT2D eigenvalue weighted by atomic mass is 10.1. The zero-order valence-electron chi connectivity index (χ0n) is 11.2. The predicted molar refractivity (Wildman–Crippen MR) is 73.1 cm³/mol. The van der Waals surface area contributed by atoms with Crippen LogP contribution in [0.3, 0.4) is 0 Å². The van der Waals surface area contributed by atoms with Crippen molar-refractivity contribution < 1.29 is 19.5 Å². The highest BCUT2D eigenvalue weighted by Crippen LogP contribution is 2.30. The molecule has 7 nitrogen and oxygen atoms in total. The molecule has 1 aromatic rings. The molecule has 1 unspecified atom stereocenters. The van der Waals surface area contributed by atoms with Crippen molar-refractivity contribution in [1.82, 2.24) is 10.2 Å². The molecule has 4 N–H and O–H groups in total. The van der Waals surface area contributed by atoms with Crippen molar-refractivity contribution in [1.29, 1.82) is 0 Å². The monoisotopic (exact) mass is 289 g/mol. The van der Waals surface area contributed by atoms with E-state index in [1.54, 1.807) is 12.1 Å². The fraction of sp³-hybridized carbons (Fsp3) is 0.357. The fourth-order valence-corrected chi connectivity index (χ4v) is 2.83. The molecule has 2 atom stereocenters. The molecule has 3 rings (SSSR count). The fourth-order valence-electron chi connectivity index (χ4n) is 2.83. The minimum Gasteiger partial charge on any atom is -0.398 e. The summed E-state index contributed by atoms with van der Waals surface area (Å²) in [6.45, 7) is 0. The zero-order chi connectivity index (χ0) is 15.1. The number of fused-ring (bicyclic) bond motifs is 1. The van der Waals surface area contributed by atoms with E-state index in [1.165, 1.54) is 6.07 Å². The summed E-state index contributed by atoms with van der Waals surface area (Å²) in [5.74, 6) is -1.59. The number of hydrogen-bond donors (Lipinski definition) is 3. The lowest BCUT2D eigenvalue weighted by Gasteiger charge is -2.23. The van der Waals surface area contributed by atoms with Crippen molar-refractivity contribution in [2.24, 2.45) is 0 Å². The first-order chi connectivity index (χ1) is 10.0. The molecule has 0 saturated carbocycles. The molecule has 0 radical (unpaired) electrons. The second kappa shape index (κ2) is 4.85. The Labute approximate surface area is 120 Å². The van der Waals surface area contributed by atoms with E-state index >= 15 is 0 Å². The average molecular weight is 289 g/mol. The Bertz CT molecular complexity index is 643. The first-order valence-corrected chi connectivity index (χ1v) is 6.75. The number of amides is 3.